The van der Waals surface area contributed by atoms with Crippen LogP contribution in [-0.4, -0.2) is 18.1 Å². The molecule has 1 aromatic heterocycles. The summed E-state index contributed by atoms with van der Waals surface area (Å²) in [5.41, 5.74) is 4.83. The van der Waals surface area contributed by atoms with E-state index >= 15 is 0 Å². The molecule has 114 valence electrons. The highest BCUT2D eigenvalue weighted by molar-refractivity contribution is 5.85. The minimum atomic E-state index is 0.554. The van der Waals surface area contributed by atoms with Crippen LogP contribution in [0.5, 0.6) is 0 Å². The molecule has 3 rings (SSSR count). The number of aromatic nitrogens is 1. The summed E-state index contributed by atoms with van der Waals surface area (Å²) in [4.78, 5) is 7.42. The third kappa shape index (κ3) is 2.92. The first-order valence-electron chi connectivity index (χ1n) is 8.22. The maximum Gasteiger partial charge on any atom is 0.132 e. The van der Waals surface area contributed by atoms with Gasteiger partial charge in [-0.05, 0) is 62.8 Å². The molecule has 0 spiro atoms. The van der Waals surface area contributed by atoms with E-state index in [1.54, 1.807) is 0 Å². The third-order valence-electron chi connectivity index (χ3n) is 4.47. The van der Waals surface area contributed by atoms with Gasteiger partial charge in [-0.1, -0.05) is 11.6 Å². The van der Waals surface area contributed by atoms with E-state index in [1.807, 2.05) is 0 Å². The SMILES string of the molecule is Cc1cc(C)c2nc(N3CCCCC3)c(CCC#N)cc2c1. The predicted octanol–water partition coefficient (Wildman–Crippen LogP) is 4.30. The Bertz CT molecular complexity index is 722. The Labute approximate surface area is 132 Å². The summed E-state index contributed by atoms with van der Waals surface area (Å²) < 4.78 is 0. The van der Waals surface area contributed by atoms with Crippen molar-refractivity contribution < 1.29 is 0 Å². The van der Waals surface area contributed by atoms with Crippen molar-refractivity contribution in [1.82, 2.24) is 4.98 Å². The van der Waals surface area contributed by atoms with E-state index in [1.165, 1.54) is 41.3 Å². The number of anilines is 1. The number of aryl methyl sites for hydroxylation is 3. The largest absolute Gasteiger partial charge is 0.356 e. The van der Waals surface area contributed by atoms with Gasteiger partial charge in [0.15, 0.2) is 0 Å². The molecule has 1 aliphatic rings. The van der Waals surface area contributed by atoms with Crippen LogP contribution in [0.25, 0.3) is 10.9 Å². The average molecular weight is 293 g/mol. The first kappa shape index (κ1) is 14.8. The van der Waals surface area contributed by atoms with Crippen molar-refractivity contribution in [2.75, 3.05) is 18.0 Å². The zero-order valence-corrected chi connectivity index (χ0v) is 13.5. The lowest BCUT2D eigenvalue weighted by Gasteiger charge is -2.30. The molecule has 0 amide bonds. The number of hydrogen-bond donors (Lipinski definition) is 0. The van der Waals surface area contributed by atoms with E-state index in [9.17, 15) is 0 Å². The van der Waals surface area contributed by atoms with Crippen LogP contribution < -0.4 is 4.90 Å². The fourth-order valence-corrected chi connectivity index (χ4v) is 3.44. The van der Waals surface area contributed by atoms with Crippen LogP contribution in [-0.2, 0) is 6.42 Å². The van der Waals surface area contributed by atoms with Crippen LogP contribution in [0.15, 0.2) is 18.2 Å². The predicted molar refractivity (Wildman–Crippen MR) is 91.2 cm³/mol. The molecule has 2 aromatic rings. The summed E-state index contributed by atoms with van der Waals surface area (Å²) >= 11 is 0. The molecule has 22 heavy (non-hydrogen) atoms. The molecule has 1 fully saturated rings. The van der Waals surface area contributed by atoms with Crippen molar-refractivity contribution in [3.8, 4) is 6.07 Å². The summed E-state index contributed by atoms with van der Waals surface area (Å²) in [6.07, 6.45) is 5.14. The number of pyridine rings is 1. The molecule has 2 heterocycles. The molecule has 0 aliphatic carbocycles. The molecule has 3 nitrogen and oxygen atoms in total. The zero-order valence-electron chi connectivity index (χ0n) is 13.5. The average Bonchev–Trinajstić information content (AvgIpc) is 2.53. The van der Waals surface area contributed by atoms with Gasteiger partial charge < -0.3 is 4.90 Å². The normalized spacial score (nSPS) is 15.0. The Balaban J connectivity index is 2.12. The summed E-state index contributed by atoms with van der Waals surface area (Å²) in [5, 5.41) is 10.1. The van der Waals surface area contributed by atoms with Crippen LogP contribution in [0, 0.1) is 25.2 Å². The second-order valence-corrected chi connectivity index (χ2v) is 6.33. The lowest BCUT2D eigenvalue weighted by atomic mass is 10.0. The second-order valence-electron chi connectivity index (χ2n) is 6.33. The number of hydrogen-bond acceptors (Lipinski definition) is 3. The van der Waals surface area contributed by atoms with Crippen molar-refractivity contribution >= 4 is 16.7 Å². The highest BCUT2D eigenvalue weighted by Crippen LogP contribution is 2.29. The van der Waals surface area contributed by atoms with E-state index in [-0.39, 0.29) is 0 Å². The molecule has 0 unspecified atom stereocenters. The number of piperidine rings is 1. The molecule has 1 aromatic carbocycles. The van der Waals surface area contributed by atoms with Crippen molar-refractivity contribution in [3.05, 3.63) is 34.9 Å². The highest BCUT2D eigenvalue weighted by Gasteiger charge is 2.17. The molecular formula is C19H23N3. The molecular weight excluding hydrogens is 270 g/mol. The van der Waals surface area contributed by atoms with Crippen molar-refractivity contribution in [2.45, 2.75) is 46.0 Å². The van der Waals surface area contributed by atoms with Gasteiger partial charge in [0.05, 0.1) is 11.6 Å². The zero-order chi connectivity index (χ0) is 15.5. The summed E-state index contributed by atoms with van der Waals surface area (Å²) in [7, 11) is 0. The van der Waals surface area contributed by atoms with E-state index in [2.05, 4.69) is 43.0 Å². The quantitative estimate of drug-likeness (QED) is 0.847. The van der Waals surface area contributed by atoms with Crippen molar-refractivity contribution in [1.29, 1.82) is 5.26 Å². The molecule has 0 radical (unpaired) electrons. The standard InChI is InChI=1S/C19H23N3/c1-14-11-15(2)18-17(12-14)13-16(7-6-8-20)19(21-18)22-9-4-3-5-10-22/h11-13H,3-7,9-10H2,1-2H3. The number of nitriles is 1. The minimum Gasteiger partial charge on any atom is -0.356 e. The maximum absolute atomic E-state index is 8.95. The summed E-state index contributed by atoms with van der Waals surface area (Å²) in [6.45, 7) is 6.43. The number of nitrogens with zero attached hydrogens (tertiary/aromatic N) is 3. The molecule has 0 saturated carbocycles. The Hall–Kier alpha value is -2.08. The Morgan fingerprint density at radius 2 is 1.91 bits per heavy atom. The van der Waals surface area contributed by atoms with Crippen LogP contribution in [0.4, 0.5) is 5.82 Å². The van der Waals surface area contributed by atoms with Crippen LogP contribution in [0.1, 0.15) is 42.4 Å². The third-order valence-corrected chi connectivity index (χ3v) is 4.47. The molecule has 1 saturated heterocycles. The van der Waals surface area contributed by atoms with Gasteiger partial charge in [0.2, 0.25) is 0 Å². The fourth-order valence-electron chi connectivity index (χ4n) is 3.44. The maximum atomic E-state index is 8.95. The fraction of sp³-hybridized carbons (Fsp3) is 0.474. The highest BCUT2D eigenvalue weighted by atomic mass is 15.2. The van der Waals surface area contributed by atoms with Gasteiger partial charge in [-0.15, -0.1) is 0 Å². The molecule has 0 N–H and O–H groups in total. The van der Waals surface area contributed by atoms with E-state index < -0.39 is 0 Å². The lowest BCUT2D eigenvalue weighted by Crippen LogP contribution is -2.31. The van der Waals surface area contributed by atoms with E-state index in [0.717, 1.165) is 30.8 Å². The Kier molecular flexibility index (Phi) is 4.29. The van der Waals surface area contributed by atoms with E-state index in [0.29, 0.717) is 6.42 Å². The Morgan fingerprint density at radius 1 is 1.14 bits per heavy atom. The van der Waals surface area contributed by atoms with Gasteiger partial charge >= 0.3 is 0 Å². The van der Waals surface area contributed by atoms with Crippen molar-refractivity contribution in [3.63, 3.8) is 0 Å². The van der Waals surface area contributed by atoms with Gasteiger partial charge in [-0.25, -0.2) is 4.98 Å². The van der Waals surface area contributed by atoms with Gasteiger partial charge in [-0.2, -0.15) is 5.26 Å². The second kappa shape index (κ2) is 6.36. The molecule has 0 bridgehead atoms. The summed E-state index contributed by atoms with van der Waals surface area (Å²) in [6, 6.07) is 8.92. The molecule has 0 atom stereocenters. The summed E-state index contributed by atoms with van der Waals surface area (Å²) in [5.74, 6) is 1.11. The van der Waals surface area contributed by atoms with Crippen LogP contribution in [0.3, 0.4) is 0 Å². The number of rotatable bonds is 3. The molecule has 1 aliphatic heterocycles. The van der Waals surface area contributed by atoms with Gasteiger partial charge in [0.25, 0.3) is 0 Å². The number of fused-ring (bicyclic) bond motifs is 1. The van der Waals surface area contributed by atoms with Gasteiger partial charge in [0, 0.05) is 24.9 Å². The number of benzene rings is 1. The Morgan fingerprint density at radius 3 is 2.64 bits per heavy atom. The van der Waals surface area contributed by atoms with Gasteiger partial charge in [-0.3, -0.25) is 0 Å². The monoisotopic (exact) mass is 293 g/mol. The van der Waals surface area contributed by atoms with Crippen LogP contribution in [0.2, 0.25) is 0 Å². The first-order chi connectivity index (χ1) is 10.7. The lowest BCUT2D eigenvalue weighted by molar-refractivity contribution is 0.572. The minimum absolute atomic E-state index is 0.554. The van der Waals surface area contributed by atoms with E-state index in [4.69, 9.17) is 10.2 Å². The van der Waals surface area contributed by atoms with Crippen molar-refractivity contribution in [2.24, 2.45) is 0 Å². The topological polar surface area (TPSA) is 39.9 Å². The smallest absolute Gasteiger partial charge is 0.132 e. The first-order valence-corrected chi connectivity index (χ1v) is 8.22. The van der Waals surface area contributed by atoms with Gasteiger partial charge in [0.1, 0.15) is 5.82 Å². The molecule has 3 heteroatoms. The van der Waals surface area contributed by atoms with Crippen LogP contribution >= 0.6 is 0 Å².